The maximum absolute atomic E-state index is 12.9. The van der Waals surface area contributed by atoms with Crippen LogP contribution in [0.2, 0.25) is 0 Å². The van der Waals surface area contributed by atoms with Crippen molar-refractivity contribution in [1.29, 1.82) is 0 Å². The second kappa shape index (κ2) is 16.3. The van der Waals surface area contributed by atoms with Crippen LogP contribution in [-0.2, 0) is 24.5 Å². The molecule has 2 rings (SSSR count). The number of ether oxygens (including phenoxy) is 2. The van der Waals surface area contributed by atoms with E-state index < -0.39 is 12.0 Å². The summed E-state index contributed by atoms with van der Waals surface area (Å²) >= 11 is 0. The third kappa shape index (κ3) is 11.6. The lowest BCUT2D eigenvalue weighted by atomic mass is 9.87. The molecular formula is C30H48N2O5. The fourth-order valence-electron chi connectivity index (χ4n) is 4.49. The first-order chi connectivity index (χ1) is 17.7. The van der Waals surface area contributed by atoms with Gasteiger partial charge in [0.15, 0.2) is 6.61 Å². The Morgan fingerprint density at radius 3 is 2.14 bits per heavy atom. The molecule has 0 bridgehead atoms. The molecule has 1 unspecified atom stereocenters. The largest absolute Gasteiger partial charge is 0.484 e. The quantitative estimate of drug-likeness (QED) is 0.230. The van der Waals surface area contributed by atoms with Crippen molar-refractivity contribution in [3.8, 4) is 5.75 Å². The van der Waals surface area contributed by atoms with Crippen LogP contribution in [0.5, 0.6) is 5.75 Å². The van der Waals surface area contributed by atoms with E-state index in [4.69, 9.17) is 9.47 Å². The van der Waals surface area contributed by atoms with Gasteiger partial charge in [0.1, 0.15) is 11.8 Å². The number of piperazine rings is 1. The Morgan fingerprint density at radius 2 is 1.54 bits per heavy atom. The zero-order valence-electron chi connectivity index (χ0n) is 23.5. The van der Waals surface area contributed by atoms with Gasteiger partial charge in [-0.3, -0.25) is 14.4 Å². The van der Waals surface area contributed by atoms with Gasteiger partial charge < -0.3 is 19.7 Å². The number of carbonyl (C=O) groups excluding carboxylic acids is 3. The number of rotatable bonds is 16. The number of unbranched alkanes of at least 4 members (excludes halogenated alkanes) is 9. The molecule has 37 heavy (non-hydrogen) atoms. The number of carbonyl (C=O) groups is 3. The molecule has 7 heteroatoms. The highest BCUT2D eigenvalue weighted by atomic mass is 16.5. The van der Waals surface area contributed by atoms with Gasteiger partial charge in [0.2, 0.25) is 5.91 Å². The van der Waals surface area contributed by atoms with Crippen molar-refractivity contribution in [2.45, 2.75) is 110 Å². The summed E-state index contributed by atoms with van der Waals surface area (Å²) in [5, 5.41) is 2.75. The Bertz CT molecular complexity index is 831. The van der Waals surface area contributed by atoms with Crippen molar-refractivity contribution in [2.75, 3.05) is 26.3 Å². The minimum absolute atomic E-state index is 0.0326. The highest BCUT2D eigenvalue weighted by molar-refractivity contribution is 5.92. The Morgan fingerprint density at radius 1 is 0.946 bits per heavy atom. The van der Waals surface area contributed by atoms with E-state index >= 15 is 0 Å². The molecule has 1 fully saturated rings. The number of nitrogens with zero attached hydrogens (tertiary/aromatic N) is 1. The van der Waals surface area contributed by atoms with Crippen LogP contribution in [0.4, 0.5) is 0 Å². The fraction of sp³-hybridized carbons (Fsp3) is 0.700. The molecule has 1 heterocycles. The SMILES string of the molecule is CCCCCCCCCCCCOC(=O)CC1C(=O)NCCN1C(=O)COc1ccc(C(C)(C)C)cc1. The van der Waals surface area contributed by atoms with Gasteiger partial charge in [0.25, 0.3) is 5.91 Å². The van der Waals surface area contributed by atoms with Gasteiger partial charge in [-0.1, -0.05) is 97.6 Å². The Labute approximate surface area is 223 Å². The highest BCUT2D eigenvalue weighted by Crippen LogP contribution is 2.24. The van der Waals surface area contributed by atoms with Gasteiger partial charge in [-0.25, -0.2) is 0 Å². The molecule has 0 radical (unpaired) electrons. The van der Waals surface area contributed by atoms with Crippen LogP contribution in [0, 0.1) is 0 Å². The third-order valence-corrected chi connectivity index (χ3v) is 6.85. The molecule has 0 aromatic heterocycles. The minimum Gasteiger partial charge on any atom is -0.484 e. The van der Waals surface area contributed by atoms with Crippen LogP contribution in [0.1, 0.15) is 104 Å². The first-order valence-corrected chi connectivity index (χ1v) is 14.2. The van der Waals surface area contributed by atoms with E-state index in [9.17, 15) is 14.4 Å². The predicted octanol–water partition coefficient (Wildman–Crippen LogP) is 5.54. The van der Waals surface area contributed by atoms with Gasteiger partial charge in [-0.05, 0) is 29.5 Å². The van der Waals surface area contributed by atoms with E-state index in [1.807, 2.05) is 24.3 Å². The Hall–Kier alpha value is -2.57. The van der Waals surface area contributed by atoms with Crippen LogP contribution in [0.15, 0.2) is 24.3 Å². The summed E-state index contributed by atoms with van der Waals surface area (Å²) in [7, 11) is 0. The van der Waals surface area contributed by atoms with Crippen molar-refractivity contribution in [1.82, 2.24) is 10.2 Å². The lowest BCUT2D eigenvalue weighted by Gasteiger charge is -2.34. The van der Waals surface area contributed by atoms with Gasteiger partial charge in [0.05, 0.1) is 13.0 Å². The maximum atomic E-state index is 12.9. The van der Waals surface area contributed by atoms with Crippen LogP contribution in [-0.4, -0.2) is 55.0 Å². The van der Waals surface area contributed by atoms with Crippen LogP contribution in [0.25, 0.3) is 0 Å². The van der Waals surface area contributed by atoms with E-state index in [1.165, 1.54) is 55.4 Å². The molecular weight excluding hydrogens is 468 g/mol. The lowest BCUT2D eigenvalue weighted by Crippen LogP contribution is -2.58. The van der Waals surface area contributed by atoms with E-state index in [0.29, 0.717) is 25.4 Å². The summed E-state index contributed by atoms with van der Waals surface area (Å²) in [4.78, 5) is 39.2. The molecule has 2 amide bonds. The highest BCUT2D eigenvalue weighted by Gasteiger charge is 2.35. The smallest absolute Gasteiger partial charge is 0.308 e. The van der Waals surface area contributed by atoms with Crippen molar-refractivity contribution in [2.24, 2.45) is 0 Å². The molecule has 1 saturated heterocycles. The Kier molecular flexibility index (Phi) is 13.5. The number of nitrogens with one attached hydrogen (secondary N) is 1. The fourth-order valence-corrected chi connectivity index (χ4v) is 4.49. The van der Waals surface area contributed by atoms with Gasteiger partial charge >= 0.3 is 5.97 Å². The van der Waals surface area contributed by atoms with E-state index in [0.717, 1.165) is 19.3 Å². The molecule has 1 aliphatic heterocycles. The molecule has 208 valence electrons. The normalized spacial score (nSPS) is 15.8. The standard InChI is InChI=1S/C30H48N2O5/c1-5-6-7-8-9-10-11-12-13-14-21-36-28(34)22-26-29(35)31-19-20-32(26)27(33)23-37-25-17-15-24(16-18-25)30(2,3)4/h15-18,26H,5-14,19-23H2,1-4H3,(H,31,35). The van der Waals surface area contributed by atoms with Crippen molar-refractivity contribution in [3.05, 3.63) is 29.8 Å². The molecule has 1 aromatic rings. The number of benzene rings is 1. The number of hydrogen-bond acceptors (Lipinski definition) is 5. The molecule has 1 N–H and O–H groups in total. The molecule has 1 aromatic carbocycles. The second-order valence-electron chi connectivity index (χ2n) is 11.1. The van der Waals surface area contributed by atoms with Crippen LogP contribution >= 0.6 is 0 Å². The topological polar surface area (TPSA) is 84.9 Å². The second-order valence-corrected chi connectivity index (χ2v) is 11.1. The summed E-state index contributed by atoms with van der Waals surface area (Å²) in [6.45, 7) is 9.50. The van der Waals surface area contributed by atoms with Crippen molar-refractivity contribution in [3.63, 3.8) is 0 Å². The summed E-state index contributed by atoms with van der Waals surface area (Å²) in [5.74, 6) is -0.503. The number of esters is 1. The predicted molar refractivity (Wildman–Crippen MR) is 147 cm³/mol. The van der Waals surface area contributed by atoms with Gasteiger partial charge in [0, 0.05) is 13.1 Å². The number of hydrogen-bond donors (Lipinski definition) is 1. The molecule has 0 spiro atoms. The molecule has 0 aliphatic carbocycles. The average Bonchev–Trinajstić information content (AvgIpc) is 2.86. The average molecular weight is 517 g/mol. The van der Waals surface area contributed by atoms with Crippen molar-refractivity contribution >= 4 is 17.8 Å². The molecule has 1 atom stereocenters. The van der Waals surface area contributed by atoms with Crippen molar-refractivity contribution < 1.29 is 23.9 Å². The van der Waals surface area contributed by atoms with E-state index in [2.05, 4.69) is 33.0 Å². The van der Waals surface area contributed by atoms with Gasteiger partial charge in [-0.2, -0.15) is 0 Å². The summed E-state index contributed by atoms with van der Waals surface area (Å²) < 4.78 is 11.1. The van der Waals surface area contributed by atoms with Crippen LogP contribution in [0.3, 0.4) is 0 Å². The molecule has 0 saturated carbocycles. The van der Waals surface area contributed by atoms with E-state index in [-0.39, 0.29) is 30.3 Å². The molecule has 7 nitrogen and oxygen atoms in total. The summed E-state index contributed by atoms with van der Waals surface area (Å²) in [6.07, 6.45) is 11.9. The zero-order valence-corrected chi connectivity index (χ0v) is 23.5. The van der Waals surface area contributed by atoms with Gasteiger partial charge in [-0.15, -0.1) is 0 Å². The summed E-state index contributed by atoms with van der Waals surface area (Å²) in [6, 6.07) is 6.80. The maximum Gasteiger partial charge on any atom is 0.308 e. The number of amides is 2. The lowest BCUT2D eigenvalue weighted by molar-refractivity contribution is -0.152. The first-order valence-electron chi connectivity index (χ1n) is 14.2. The first kappa shape index (κ1) is 30.7. The molecule has 1 aliphatic rings. The third-order valence-electron chi connectivity index (χ3n) is 6.85. The zero-order chi connectivity index (χ0) is 27.1. The summed E-state index contributed by atoms with van der Waals surface area (Å²) in [5.41, 5.74) is 1.21. The Balaban J connectivity index is 1.69. The van der Waals surface area contributed by atoms with Crippen LogP contribution < -0.4 is 10.1 Å². The van der Waals surface area contributed by atoms with E-state index in [1.54, 1.807) is 0 Å². The monoisotopic (exact) mass is 516 g/mol. The minimum atomic E-state index is -0.867.